The molecule has 1 aromatic carbocycles. The van der Waals surface area contributed by atoms with Gasteiger partial charge in [0, 0.05) is 30.6 Å². The van der Waals surface area contributed by atoms with Crippen molar-refractivity contribution in [3.8, 4) is 11.1 Å². The first kappa shape index (κ1) is 22.6. The molecular formula is C22H25N3O5S2. The Morgan fingerprint density at radius 2 is 2.06 bits per heavy atom. The standard InChI is InChI=1S/C22H25N3O5S2/c1-15-3-5-16(6-4-15)18-12-31-21-20(18)22(27)24(14-23-21)11-19(26)25(8-9-30-2)17-7-10-32(28,29)13-17/h3-6,12,14,17H,7-11,13H2,1-2H3. The van der Waals surface area contributed by atoms with Crippen molar-refractivity contribution in [2.75, 3.05) is 31.8 Å². The monoisotopic (exact) mass is 475 g/mol. The molecule has 1 unspecified atom stereocenters. The first-order chi connectivity index (χ1) is 15.3. The summed E-state index contributed by atoms with van der Waals surface area (Å²) in [5.41, 5.74) is 2.55. The minimum absolute atomic E-state index is 0.0588. The number of sulfone groups is 1. The van der Waals surface area contributed by atoms with Gasteiger partial charge in [-0.2, -0.15) is 0 Å². The van der Waals surface area contributed by atoms with Crippen molar-refractivity contribution in [1.82, 2.24) is 14.5 Å². The number of benzene rings is 1. The molecule has 3 aromatic rings. The molecule has 2 aromatic heterocycles. The zero-order valence-corrected chi connectivity index (χ0v) is 19.6. The quantitative estimate of drug-likeness (QED) is 0.519. The highest BCUT2D eigenvalue weighted by molar-refractivity contribution is 7.91. The SMILES string of the molecule is COCCN(C(=O)Cn1cnc2scc(-c3ccc(C)cc3)c2c1=O)C1CCS(=O)(=O)C1. The predicted molar refractivity (Wildman–Crippen MR) is 125 cm³/mol. The van der Waals surface area contributed by atoms with Gasteiger partial charge in [-0.15, -0.1) is 11.3 Å². The average molecular weight is 476 g/mol. The van der Waals surface area contributed by atoms with Gasteiger partial charge in [-0.05, 0) is 18.9 Å². The number of carbonyl (C=O) groups is 1. The Kier molecular flexibility index (Phi) is 6.45. The molecule has 0 aliphatic carbocycles. The summed E-state index contributed by atoms with van der Waals surface area (Å²) in [5, 5.41) is 2.39. The molecule has 0 radical (unpaired) electrons. The number of amides is 1. The summed E-state index contributed by atoms with van der Waals surface area (Å²) in [4.78, 5) is 32.9. The third-order valence-electron chi connectivity index (χ3n) is 5.73. The summed E-state index contributed by atoms with van der Waals surface area (Å²) in [6.07, 6.45) is 1.78. The molecule has 1 fully saturated rings. The van der Waals surface area contributed by atoms with Crippen molar-refractivity contribution in [1.29, 1.82) is 0 Å². The molecule has 3 heterocycles. The van der Waals surface area contributed by atoms with Crippen molar-refractivity contribution in [3.63, 3.8) is 0 Å². The summed E-state index contributed by atoms with van der Waals surface area (Å²) in [6, 6.07) is 7.50. The normalized spacial score (nSPS) is 17.6. The lowest BCUT2D eigenvalue weighted by atomic mass is 10.1. The van der Waals surface area contributed by atoms with Crippen LogP contribution < -0.4 is 5.56 Å². The van der Waals surface area contributed by atoms with E-state index in [1.807, 2.05) is 36.6 Å². The first-order valence-corrected chi connectivity index (χ1v) is 13.0. The number of ether oxygens (including phenoxy) is 1. The Balaban J connectivity index is 1.64. The Labute approximate surface area is 190 Å². The van der Waals surface area contributed by atoms with Gasteiger partial charge in [0.2, 0.25) is 5.91 Å². The number of thiophene rings is 1. The van der Waals surface area contributed by atoms with E-state index < -0.39 is 15.9 Å². The number of carbonyl (C=O) groups excluding carboxylic acids is 1. The number of hydrogen-bond acceptors (Lipinski definition) is 7. The summed E-state index contributed by atoms with van der Waals surface area (Å²) in [6.45, 7) is 2.36. The van der Waals surface area contributed by atoms with E-state index in [4.69, 9.17) is 4.74 Å². The molecule has 32 heavy (non-hydrogen) atoms. The zero-order valence-electron chi connectivity index (χ0n) is 18.0. The second-order valence-electron chi connectivity index (χ2n) is 8.01. The van der Waals surface area contributed by atoms with Crippen LogP contribution in [0.2, 0.25) is 0 Å². The molecule has 4 rings (SSSR count). The summed E-state index contributed by atoms with van der Waals surface area (Å²) >= 11 is 1.39. The van der Waals surface area contributed by atoms with E-state index in [9.17, 15) is 18.0 Å². The third kappa shape index (κ3) is 4.62. The van der Waals surface area contributed by atoms with E-state index in [1.165, 1.54) is 34.2 Å². The minimum atomic E-state index is -3.15. The van der Waals surface area contributed by atoms with Crippen molar-refractivity contribution < 1.29 is 17.9 Å². The number of nitrogens with zero attached hydrogens (tertiary/aromatic N) is 3. The Bertz CT molecular complexity index is 1300. The van der Waals surface area contributed by atoms with Crippen molar-refractivity contribution in [2.24, 2.45) is 0 Å². The van der Waals surface area contributed by atoms with E-state index in [0.29, 0.717) is 16.6 Å². The van der Waals surface area contributed by atoms with Crippen LogP contribution in [0.1, 0.15) is 12.0 Å². The van der Waals surface area contributed by atoms with Gasteiger partial charge in [-0.1, -0.05) is 29.8 Å². The molecule has 0 bridgehead atoms. The highest BCUT2D eigenvalue weighted by Gasteiger charge is 2.34. The maximum absolute atomic E-state index is 13.3. The summed E-state index contributed by atoms with van der Waals surface area (Å²) in [5.74, 6) is -0.313. The van der Waals surface area contributed by atoms with Crippen molar-refractivity contribution in [2.45, 2.75) is 25.9 Å². The second-order valence-corrected chi connectivity index (χ2v) is 11.1. The fourth-order valence-corrected chi connectivity index (χ4v) is 6.62. The number of rotatable bonds is 7. The van der Waals surface area contributed by atoms with E-state index in [1.54, 1.807) is 0 Å². The van der Waals surface area contributed by atoms with Crippen LogP contribution in [0.4, 0.5) is 0 Å². The molecule has 0 spiro atoms. The van der Waals surface area contributed by atoms with Crippen LogP contribution >= 0.6 is 11.3 Å². The highest BCUT2D eigenvalue weighted by atomic mass is 32.2. The molecule has 0 N–H and O–H groups in total. The molecule has 1 amide bonds. The molecule has 1 aliphatic rings. The van der Waals surface area contributed by atoms with Gasteiger partial charge in [0.15, 0.2) is 9.84 Å². The van der Waals surface area contributed by atoms with Gasteiger partial charge in [-0.3, -0.25) is 14.2 Å². The number of hydrogen-bond donors (Lipinski definition) is 0. The van der Waals surface area contributed by atoms with Gasteiger partial charge in [0.1, 0.15) is 11.4 Å². The first-order valence-electron chi connectivity index (χ1n) is 10.3. The molecule has 0 saturated carbocycles. The van der Waals surface area contributed by atoms with Crippen LogP contribution in [0.15, 0.2) is 40.8 Å². The minimum Gasteiger partial charge on any atom is -0.383 e. The Hall–Kier alpha value is -2.56. The number of methoxy groups -OCH3 is 1. The molecule has 10 heteroatoms. The van der Waals surface area contributed by atoms with Gasteiger partial charge in [0.25, 0.3) is 5.56 Å². The number of aryl methyl sites for hydroxylation is 1. The van der Waals surface area contributed by atoms with Crippen molar-refractivity contribution >= 4 is 37.3 Å². The van der Waals surface area contributed by atoms with E-state index in [0.717, 1.165) is 16.7 Å². The average Bonchev–Trinajstić information content (AvgIpc) is 3.34. The second kappa shape index (κ2) is 9.13. The lowest BCUT2D eigenvalue weighted by Crippen LogP contribution is -2.45. The Morgan fingerprint density at radius 3 is 2.72 bits per heavy atom. The Morgan fingerprint density at radius 1 is 1.31 bits per heavy atom. The fraction of sp³-hybridized carbons (Fsp3) is 0.409. The molecular weight excluding hydrogens is 450 g/mol. The van der Waals surface area contributed by atoms with E-state index >= 15 is 0 Å². The maximum atomic E-state index is 13.3. The van der Waals surface area contributed by atoms with Crippen LogP contribution in [0, 0.1) is 6.92 Å². The van der Waals surface area contributed by atoms with Gasteiger partial charge in [-0.25, -0.2) is 13.4 Å². The molecule has 1 saturated heterocycles. The summed E-state index contributed by atoms with van der Waals surface area (Å²) in [7, 11) is -1.63. The molecule has 1 atom stereocenters. The van der Waals surface area contributed by atoms with Crippen LogP contribution in [0.5, 0.6) is 0 Å². The topological polar surface area (TPSA) is 98.6 Å². The van der Waals surface area contributed by atoms with Crippen LogP contribution in [-0.2, 0) is 25.9 Å². The van der Waals surface area contributed by atoms with Crippen molar-refractivity contribution in [3.05, 3.63) is 51.9 Å². The maximum Gasteiger partial charge on any atom is 0.263 e. The van der Waals surface area contributed by atoms with Gasteiger partial charge in [0.05, 0.1) is 29.8 Å². The van der Waals surface area contributed by atoms with Crippen LogP contribution in [0.3, 0.4) is 0 Å². The predicted octanol–water partition coefficient (Wildman–Crippen LogP) is 2.10. The van der Waals surface area contributed by atoms with Gasteiger partial charge >= 0.3 is 0 Å². The van der Waals surface area contributed by atoms with E-state index in [2.05, 4.69) is 4.98 Å². The number of aromatic nitrogens is 2. The van der Waals surface area contributed by atoms with Gasteiger partial charge < -0.3 is 9.64 Å². The largest absolute Gasteiger partial charge is 0.383 e. The lowest BCUT2D eigenvalue weighted by molar-refractivity contribution is -0.134. The van der Waals surface area contributed by atoms with Crippen LogP contribution in [-0.4, -0.2) is 66.6 Å². The van der Waals surface area contributed by atoms with E-state index in [-0.39, 0.29) is 42.7 Å². The zero-order chi connectivity index (χ0) is 22.9. The van der Waals surface area contributed by atoms with Crippen LogP contribution in [0.25, 0.3) is 21.3 Å². The molecule has 1 aliphatic heterocycles. The smallest absolute Gasteiger partial charge is 0.263 e. The molecule has 8 nitrogen and oxygen atoms in total. The lowest BCUT2D eigenvalue weighted by Gasteiger charge is -2.28. The molecule has 170 valence electrons. The fourth-order valence-electron chi connectivity index (χ4n) is 3.98. The number of fused-ring (bicyclic) bond motifs is 1. The third-order valence-corrected chi connectivity index (χ3v) is 8.37. The summed E-state index contributed by atoms with van der Waals surface area (Å²) < 4.78 is 30.3. The highest BCUT2D eigenvalue weighted by Crippen LogP contribution is 2.30.